The average Bonchev–Trinajstić information content (AvgIpc) is 2.42. The van der Waals surface area contributed by atoms with Crippen LogP contribution in [0, 0.1) is 6.92 Å². The van der Waals surface area contributed by atoms with Gasteiger partial charge in [0.25, 0.3) is 5.91 Å². The Kier molecular flexibility index (Phi) is 3.85. The Morgan fingerprint density at radius 2 is 1.74 bits per heavy atom. The van der Waals surface area contributed by atoms with Crippen LogP contribution in [0.15, 0.2) is 48.5 Å². The Balaban J connectivity index is 2.41. The minimum Gasteiger partial charge on any atom is -0.397 e. The van der Waals surface area contributed by atoms with Crippen LogP contribution in [-0.2, 0) is 0 Å². The Morgan fingerprint density at radius 3 is 2.37 bits per heavy atom. The van der Waals surface area contributed by atoms with Gasteiger partial charge >= 0.3 is 0 Å². The van der Waals surface area contributed by atoms with Crippen LogP contribution < -0.4 is 10.6 Å². The first-order chi connectivity index (χ1) is 9.15. The van der Waals surface area contributed by atoms with E-state index in [1.807, 2.05) is 62.4 Å². The number of nitrogen functional groups attached to an aromatic ring is 1. The van der Waals surface area contributed by atoms with Crippen molar-refractivity contribution in [2.24, 2.45) is 0 Å². The van der Waals surface area contributed by atoms with Gasteiger partial charge in [-0.3, -0.25) is 4.79 Å². The summed E-state index contributed by atoms with van der Waals surface area (Å²) in [7, 11) is 0. The fourth-order valence-electron chi connectivity index (χ4n) is 2.11. The highest BCUT2D eigenvalue weighted by atomic mass is 16.2. The van der Waals surface area contributed by atoms with E-state index < -0.39 is 0 Å². The number of amides is 1. The maximum atomic E-state index is 12.6. The fraction of sp³-hybridized carbons (Fsp3) is 0.188. The summed E-state index contributed by atoms with van der Waals surface area (Å²) in [5.74, 6) is -0.0153. The highest BCUT2D eigenvalue weighted by Gasteiger charge is 2.18. The van der Waals surface area contributed by atoms with E-state index in [0.29, 0.717) is 17.8 Å². The molecule has 3 nitrogen and oxygen atoms in total. The highest BCUT2D eigenvalue weighted by molar-refractivity contribution is 6.08. The van der Waals surface area contributed by atoms with Crippen LogP contribution in [0.3, 0.4) is 0 Å². The maximum absolute atomic E-state index is 12.6. The van der Waals surface area contributed by atoms with E-state index in [1.54, 1.807) is 4.90 Å². The zero-order chi connectivity index (χ0) is 13.8. The summed E-state index contributed by atoms with van der Waals surface area (Å²) in [6.45, 7) is 4.47. The summed E-state index contributed by atoms with van der Waals surface area (Å²) < 4.78 is 0. The number of aryl methyl sites for hydroxylation is 1. The second kappa shape index (κ2) is 5.57. The normalized spacial score (nSPS) is 10.2. The van der Waals surface area contributed by atoms with Crippen LogP contribution in [0.2, 0.25) is 0 Å². The molecule has 0 aliphatic carbocycles. The number of nitrogens with two attached hydrogens (primary N) is 1. The lowest BCUT2D eigenvalue weighted by Crippen LogP contribution is -2.31. The molecule has 2 aromatic rings. The lowest BCUT2D eigenvalue weighted by atomic mass is 10.1. The van der Waals surface area contributed by atoms with Crippen molar-refractivity contribution in [3.8, 4) is 0 Å². The molecule has 0 unspecified atom stereocenters. The number of hydrogen-bond donors (Lipinski definition) is 1. The molecule has 3 heteroatoms. The second-order valence-electron chi connectivity index (χ2n) is 4.42. The van der Waals surface area contributed by atoms with Gasteiger partial charge in [-0.1, -0.05) is 30.3 Å². The Labute approximate surface area is 113 Å². The topological polar surface area (TPSA) is 46.3 Å². The molecule has 0 saturated carbocycles. The van der Waals surface area contributed by atoms with Crippen LogP contribution in [0.1, 0.15) is 22.8 Å². The van der Waals surface area contributed by atoms with Crippen LogP contribution >= 0.6 is 0 Å². The standard InChI is InChI=1S/C16H18N2O/c1-3-18(15-11-7-6-10-14(15)17)16(19)13-9-5-4-8-12(13)2/h4-11H,3,17H2,1-2H3. The Hall–Kier alpha value is -2.29. The van der Waals surface area contributed by atoms with Gasteiger partial charge in [0.1, 0.15) is 0 Å². The van der Waals surface area contributed by atoms with Gasteiger partial charge in [0, 0.05) is 12.1 Å². The van der Waals surface area contributed by atoms with Crippen molar-refractivity contribution in [3.05, 3.63) is 59.7 Å². The minimum absolute atomic E-state index is 0.0153. The molecule has 0 aromatic heterocycles. The van der Waals surface area contributed by atoms with Crippen molar-refractivity contribution >= 4 is 17.3 Å². The van der Waals surface area contributed by atoms with Crippen molar-refractivity contribution in [1.82, 2.24) is 0 Å². The van der Waals surface area contributed by atoms with E-state index in [4.69, 9.17) is 5.73 Å². The average molecular weight is 254 g/mol. The minimum atomic E-state index is -0.0153. The number of para-hydroxylation sites is 2. The number of rotatable bonds is 3. The third-order valence-electron chi connectivity index (χ3n) is 3.16. The predicted octanol–water partition coefficient (Wildman–Crippen LogP) is 3.24. The second-order valence-corrected chi connectivity index (χ2v) is 4.42. The van der Waals surface area contributed by atoms with Gasteiger partial charge in [-0.05, 0) is 37.6 Å². The van der Waals surface area contributed by atoms with Gasteiger partial charge in [0.2, 0.25) is 0 Å². The van der Waals surface area contributed by atoms with Gasteiger partial charge in [0.15, 0.2) is 0 Å². The molecule has 0 aliphatic rings. The van der Waals surface area contributed by atoms with Crippen LogP contribution in [0.25, 0.3) is 0 Å². The summed E-state index contributed by atoms with van der Waals surface area (Å²) in [6.07, 6.45) is 0. The quantitative estimate of drug-likeness (QED) is 0.855. The molecule has 2 N–H and O–H groups in total. The van der Waals surface area contributed by atoms with Crippen LogP contribution in [-0.4, -0.2) is 12.5 Å². The van der Waals surface area contributed by atoms with Crippen molar-refractivity contribution in [1.29, 1.82) is 0 Å². The third-order valence-corrected chi connectivity index (χ3v) is 3.16. The molecule has 0 fully saturated rings. The summed E-state index contributed by atoms with van der Waals surface area (Å²) in [4.78, 5) is 14.3. The summed E-state index contributed by atoms with van der Waals surface area (Å²) in [6, 6.07) is 15.0. The number of benzene rings is 2. The first kappa shape index (κ1) is 13.1. The van der Waals surface area contributed by atoms with Gasteiger partial charge in [-0.15, -0.1) is 0 Å². The van der Waals surface area contributed by atoms with Gasteiger partial charge in [0.05, 0.1) is 11.4 Å². The van der Waals surface area contributed by atoms with E-state index in [-0.39, 0.29) is 5.91 Å². The van der Waals surface area contributed by atoms with E-state index in [9.17, 15) is 4.79 Å². The molecule has 1 amide bonds. The van der Waals surface area contributed by atoms with Crippen molar-refractivity contribution in [3.63, 3.8) is 0 Å². The number of carbonyl (C=O) groups excluding carboxylic acids is 1. The fourth-order valence-corrected chi connectivity index (χ4v) is 2.11. The molecule has 98 valence electrons. The Bertz CT molecular complexity index is 593. The molecule has 0 aliphatic heterocycles. The molecule has 2 aromatic carbocycles. The largest absolute Gasteiger partial charge is 0.397 e. The summed E-state index contributed by atoms with van der Waals surface area (Å²) in [5.41, 5.74) is 9.02. The van der Waals surface area contributed by atoms with Crippen molar-refractivity contribution in [2.45, 2.75) is 13.8 Å². The maximum Gasteiger partial charge on any atom is 0.258 e. The number of hydrogen-bond acceptors (Lipinski definition) is 2. The molecule has 2 rings (SSSR count). The van der Waals surface area contributed by atoms with Gasteiger partial charge in [-0.25, -0.2) is 0 Å². The molecule has 0 atom stereocenters. The highest BCUT2D eigenvalue weighted by Crippen LogP contribution is 2.24. The molecule has 0 saturated heterocycles. The molecule has 0 spiro atoms. The monoisotopic (exact) mass is 254 g/mol. The molecular formula is C16H18N2O. The third kappa shape index (κ3) is 2.60. The zero-order valence-corrected chi connectivity index (χ0v) is 11.3. The molecular weight excluding hydrogens is 236 g/mol. The van der Waals surface area contributed by atoms with E-state index in [2.05, 4.69) is 0 Å². The smallest absolute Gasteiger partial charge is 0.258 e. The molecule has 19 heavy (non-hydrogen) atoms. The Morgan fingerprint density at radius 1 is 1.11 bits per heavy atom. The van der Waals surface area contributed by atoms with Crippen LogP contribution in [0.5, 0.6) is 0 Å². The summed E-state index contributed by atoms with van der Waals surface area (Å²) in [5, 5.41) is 0. The lowest BCUT2D eigenvalue weighted by molar-refractivity contribution is 0.0988. The van der Waals surface area contributed by atoms with Crippen LogP contribution in [0.4, 0.5) is 11.4 Å². The van der Waals surface area contributed by atoms with E-state index >= 15 is 0 Å². The van der Waals surface area contributed by atoms with Crippen molar-refractivity contribution < 1.29 is 4.79 Å². The molecule has 0 radical (unpaired) electrons. The first-order valence-electron chi connectivity index (χ1n) is 6.37. The predicted molar refractivity (Wildman–Crippen MR) is 79.4 cm³/mol. The number of carbonyl (C=O) groups is 1. The summed E-state index contributed by atoms with van der Waals surface area (Å²) >= 11 is 0. The molecule has 0 heterocycles. The van der Waals surface area contributed by atoms with Gasteiger partial charge < -0.3 is 10.6 Å². The number of nitrogens with zero attached hydrogens (tertiary/aromatic N) is 1. The SMILES string of the molecule is CCN(C(=O)c1ccccc1C)c1ccccc1N. The van der Waals surface area contributed by atoms with Gasteiger partial charge in [-0.2, -0.15) is 0 Å². The number of anilines is 2. The molecule has 0 bridgehead atoms. The van der Waals surface area contributed by atoms with E-state index in [0.717, 1.165) is 11.3 Å². The zero-order valence-electron chi connectivity index (χ0n) is 11.3. The lowest BCUT2D eigenvalue weighted by Gasteiger charge is -2.23. The van der Waals surface area contributed by atoms with E-state index in [1.165, 1.54) is 0 Å². The van der Waals surface area contributed by atoms with Crippen molar-refractivity contribution in [2.75, 3.05) is 17.2 Å². The first-order valence-corrected chi connectivity index (χ1v) is 6.37.